The average molecular weight is 302 g/mol. The molecule has 0 saturated heterocycles. The summed E-state index contributed by atoms with van der Waals surface area (Å²) in [6.45, 7) is 1.84. The molecule has 1 fully saturated rings. The summed E-state index contributed by atoms with van der Waals surface area (Å²) in [5, 5.41) is 0. The summed E-state index contributed by atoms with van der Waals surface area (Å²) in [5.74, 6) is 1.38. The van der Waals surface area contributed by atoms with Gasteiger partial charge in [-0.05, 0) is 57.1 Å². The zero-order chi connectivity index (χ0) is 15.9. The molecule has 0 bridgehead atoms. The highest BCUT2D eigenvalue weighted by atomic mass is 16.5. The van der Waals surface area contributed by atoms with Crippen LogP contribution in [0.2, 0.25) is 0 Å². The number of ketones is 1. The first kappa shape index (κ1) is 16.7. The number of benzene rings is 1. The third-order valence-electron chi connectivity index (χ3n) is 4.02. The normalized spacial score (nSPS) is 20.6. The molecule has 0 amide bonds. The van der Waals surface area contributed by atoms with Crippen molar-refractivity contribution in [2.45, 2.75) is 31.6 Å². The van der Waals surface area contributed by atoms with Gasteiger partial charge in [-0.2, -0.15) is 0 Å². The summed E-state index contributed by atoms with van der Waals surface area (Å²) in [5.41, 5.74) is 2.23. The van der Waals surface area contributed by atoms with Crippen molar-refractivity contribution in [3.05, 3.63) is 29.8 Å². The minimum Gasteiger partial charge on any atom is -0.497 e. The Hall–Kier alpha value is -1.68. The fourth-order valence-electron chi connectivity index (χ4n) is 2.88. The van der Waals surface area contributed by atoms with E-state index in [1.807, 2.05) is 18.2 Å². The summed E-state index contributed by atoms with van der Waals surface area (Å²) in [6.07, 6.45) is 3.07. The molecule has 22 heavy (non-hydrogen) atoms. The predicted molar refractivity (Wildman–Crippen MR) is 90.1 cm³/mol. The number of nitrogens with zero attached hydrogens (tertiary/aromatic N) is 2. The number of carbonyl (C=O) groups is 1. The van der Waals surface area contributed by atoms with E-state index < -0.39 is 0 Å². The second-order valence-corrected chi connectivity index (χ2v) is 6.20. The lowest BCUT2D eigenvalue weighted by Gasteiger charge is -2.23. The smallest absolute Gasteiger partial charge is 0.139 e. The lowest BCUT2D eigenvalue weighted by molar-refractivity contribution is -0.118. The number of hydrogen-bond acceptors (Lipinski definition) is 4. The molecule has 0 aromatic heterocycles. The van der Waals surface area contributed by atoms with E-state index in [1.54, 1.807) is 7.11 Å². The minimum absolute atomic E-state index is 0.240. The molecule has 0 heterocycles. The summed E-state index contributed by atoms with van der Waals surface area (Å²) in [6, 6.07) is 8.04. The molecule has 1 saturated carbocycles. The van der Waals surface area contributed by atoms with E-state index in [2.05, 4.69) is 30.1 Å². The van der Waals surface area contributed by atoms with E-state index in [4.69, 9.17) is 4.74 Å². The molecule has 0 radical (unpaired) electrons. The fourth-order valence-corrected chi connectivity index (χ4v) is 2.88. The van der Waals surface area contributed by atoms with Gasteiger partial charge in [0.15, 0.2) is 0 Å². The number of ether oxygens (including phenoxy) is 1. The van der Waals surface area contributed by atoms with Crippen LogP contribution in [-0.2, 0) is 4.79 Å². The second-order valence-electron chi connectivity index (χ2n) is 6.20. The molecule has 2 rings (SSSR count). The number of hydrogen-bond donors (Lipinski definition) is 0. The monoisotopic (exact) mass is 302 g/mol. The first-order valence-corrected chi connectivity index (χ1v) is 7.91. The van der Waals surface area contributed by atoms with Crippen molar-refractivity contribution in [2.24, 2.45) is 4.99 Å². The molecule has 0 spiro atoms. The van der Waals surface area contributed by atoms with E-state index in [-0.39, 0.29) is 5.92 Å². The van der Waals surface area contributed by atoms with E-state index in [9.17, 15) is 4.79 Å². The van der Waals surface area contributed by atoms with Crippen molar-refractivity contribution in [1.29, 1.82) is 0 Å². The van der Waals surface area contributed by atoms with Crippen LogP contribution in [-0.4, -0.2) is 50.7 Å². The maximum Gasteiger partial charge on any atom is 0.139 e. The van der Waals surface area contributed by atoms with Crippen LogP contribution in [0.15, 0.2) is 29.3 Å². The Bertz CT molecular complexity index is 538. The molecular formula is C18H26N2O2. The highest BCUT2D eigenvalue weighted by Gasteiger charge is 2.25. The highest BCUT2D eigenvalue weighted by Crippen LogP contribution is 2.31. The van der Waals surface area contributed by atoms with Gasteiger partial charge < -0.3 is 9.64 Å². The van der Waals surface area contributed by atoms with Crippen molar-refractivity contribution in [2.75, 3.05) is 34.3 Å². The van der Waals surface area contributed by atoms with Crippen molar-refractivity contribution in [1.82, 2.24) is 4.90 Å². The van der Waals surface area contributed by atoms with Gasteiger partial charge in [0, 0.05) is 25.1 Å². The predicted octanol–water partition coefficient (Wildman–Crippen LogP) is 2.92. The van der Waals surface area contributed by atoms with Crippen LogP contribution in [0.4, 0.5) is 0 Å². The Kier molecular flexibility index (Phi) is 6.13. The lowest BCUT2D eigenvalue weighted by atomic mass is 9.82. The molecule has 4 nitrogen and oxygen atoms in total. The van der Waals surface area contributed by atoms with Crippen LogP contribution in [0.3, 0.4) is 0 Å². The van der Waals surface area contributed by atoms with E-state index in [1.165, 1.54) is 5.56 Å². The molecule has 0 unspecified atom stereocenters. The largest absolute Gasteiger partial charge is 0.497 e. The molecule has 0 N–H and O–H groups in total. The molecule has 1 aliphatic carbocycles. The highest BCUT2D eigenvalue weighted by molar-refractivity contribution is 6.05. The van der Waals surface area contributed by atoms with Gasteiger partial charge in [0.2, 0.25) is 0 Å². The summed E-state index contributed by atoms with van der Waals surface area (Å²) in [7, 11) is 5.80. The average Bonchev–Trinajstić information content (AvgIpc) is 2.51. The number of rotatable bonds is 6. The minimum atomic E-state index is 0.240. The maximum absolute atomic E-state index is 12.0. The topological polar surface area (TPSA) is 41.9 Å². The molecule has 1 aromatic rings. The third kappa shape index (κ3) is 4.95. The Morgan fingerprint density at radius 3 is 2.86 bits per heavy atom. The Balaban J connectivity index is 2.01. The Morgan fingerprint density at radius 2 is 2.14 bits per heavy atom. The molecule has 120 valence electrons. The molecule has 1 aliphatic rings. The van der Waals surface area contributed by atoms with Gasteiger partial charge in [0.1, 0.15) is 11.5 Å². The van der Waals surface area contributed by atoms with Crippen LogP contribution in [0.5, 0.6) is 5.75 Å². The first-order chi connectivity index (χ1) is 10.6. The van der Waals surface area contributed by atoms with E-state index in [0.717, 1.165) is 37.4 Å². The quantitative estimate of drug-likeness (QED) is 0.759. The van der Waals surface area contributed by atoms with Crippen molar-refractivity contribution < 1.29 is 9.53 Å². The molecular weight excluding hydrogens is 276 g/mol. The maximum atomic E-state index is 12.0. The standard InChI is InChI=1S/C18H26N2O2/c1-20(2)9-5-8-19-16-10-15(11-17(21)13-16)14-6-4-7-18(12-14)22-3/h4,6-7,12,15H,5,8-11,13H2,1-3H3/t15-/m0/s1. The van der Waals surface area contributed by atoms with Gasteiger partial charge in [-0.25, -0.2) is 0 Å². The summed E-state index contributed by atoms with van der Waals surface area (Å²) < 4.78 is 5.28. The fraction of sp³-hybridized carbons (Fsp3) is 0.556. The number of carbonyl (C=O) groups excluding carboxylic acids is 1. The van der Waals surface area contributed by atoms with Crippen molar-refractivity contribution in [3.8, 4) is 5.75 Å². The SMILES string of the molecule is COc1cccc([C@@H]2CC(=O)CC(=NCCCN(C)C)C2)c1. The summed E-state index contributed by atoms with van der Waals surface area (Å²) in [4.78, 5) is 18.9. The van der Waals surface area contributed by atoms with Crippen LogP contribution < -0.4 is 4.74 Å². The van der Waals surface area contributed by atoms with Crippen LogP contribution in [0, 0.1) is 0 Å². The first-order valence-electron chi connectivity index (χ1n) is 7.91. The number of aliphatic imine (C=N–C) groups is 1. The van der Waals surface area contributed by atoms with E-state index >= 15 is 0 Å². The Morgan fingerprint density at radius 1 is 1.32 bits per heavy atom. The third-order valence-corrected chi connectivity index (χ3v) is 4.02. The van der Waals surface area contributed by atoms with Gasteiger partial charge in [-0.1, -0.05) is 12.1 Å². The van der Waals surface area contributed by atoms with Crippen LogP contribution in [0.25, 0.3) is 0 Å². The zero-order valence-corrected chi connectivity index (χ0v) is 13.8. The lowest BCUT2D eigenvalue weighted by Crippen LogP contribution is -2.22. The van der Waals surface area contributed by atoms with Gasteiger partial charge in [-0.15, -0.1) is 0 Å². The Labute approximate surface area is 133 Å². The van der Waals surface area contributed by atoms with Gasteiger partial charge in [0.25, 0.3) is 0 Å². The summed E-state index contributed by atoms with van der Waals surface area (Å²) >= 11 is 0. The second kappa shape index (κ2) is 8.08. The molecule has 0 aliphatic heterocycles. The van der Waals surface area contributed by atoms with E-state index in [0.29, 0.717) is 18.6 Å². The van der Waals surface area contributed by atoms with Crippen LogP contribution in [0.1, 0.15) is 37.2 Å². The van der Waals surface area contributed by atoms with Gasteiger partial charge >= 0.3 is 0 Å². The number of Topliss-reactive ketones (excluding diaryl/α,β-unsaturated/α-hetero) is 1. The zero-order valence-electron chi connectivity index (χ0n) is 13.8. The van der Waals surface area contributed by atoms with Crippen molar-refractivity contribution in [3.63, 3.8) is 0 Å². The number of methoxy groups -OCH3 is 1. The van der Waals surface area contributed by atoms with Gasteiger partial charge in [0.05, 0.1) is 7.11 Å². The molecule has 1 aromatic carbocycles. The molecule has 1 atom stereocenters. The van der Waals surface area contributed by atoms with Crippen LogP contribution >= 0.6 is 0 Å². The van der Waals surface area contributed by atoms with Crippen molar-refractivity contribution >= 4 is 11.5 Å². The van der Waals surface area contributed by atoms with Gasteiger partial charge in [-0.3, -0.25) is 9.79 Å². The molecule has 4 heteroatoms.